The number of nitrogens with two attached hydrogens (primary N) is 1. The highest BCUT2D eigenvalue weighted by atomic mass is 16.4. The molecule has 2 rings (SSSR count). The van der Waals surface area contributed by atoms with Crippen molar-refractivity contribution >= 4 is 17.5 Å². The lowest BCUT2D eigenvalue weighted by molar-refractivity contribution is 0.0696. The molecule has 0 unspecified atom stereocenters. The van der Waals surface area contributed by atoms with Gasteiger partial charge in [0.15, 0.2) is 5.82 Å². The highest BCUT2D eigenvalue weighted by molar-refractivity contribution is 5.89. The van der Waals surface area contributed by atoms with Crippen LogP contribution in [0.2, 0.25) is 0 Å². The molecule has 0 spiro atoms. The van der Waals surface area contributed by atoms with Crippen molar-refractivity contribution in [2.75, 3.05) is 24.2 Å². The third kappa shape index (κ3) is 2.72. The number of aromatic carboxylic acids is 1. The molecule has 1 saturated carbocycles. The van der Waals surface area contributed by atoms with Gasteiger partial charge >= 0.3 is 5.97 Å². The Balaban J connectivity index is 2.09. The van der Waals surface area contributed by atoms with Gasteiger partial charge in [-0.3, -0.25) is 0 Å². The van der Waals surface area contributed by atoms with Crippen LogP contribution in [0.1, 0.15) is 36.0 Å². The molecule has 0 aromatic carbocycles. The van der Waals surface area contributed by atoms with Crippen molar-refractivity contribution in [1.82, 2.24) is 4.98 Å². The lowest BCUT2D eigenvalue weighted by atomic mass is 10.1. The Hall–Kier alpha value is -1.78. The Bertz CT molecular complexity index is 442. The number of pyridine rings is 1. The molecule has 0 radical (unpaired) electrons. The van der Waals surface area contributed by atoms with E-state index in [1.807, 2.05) is 11.9 Å². The van der Waals surface area contributed by atoms with Gasteiger partial charge in [-0.1, -0.05) is 12.8 Å². The number of nitrogen functional groups attached to an aromatic ring is 1. The van der Waals surface area contributed by atoms with Crippen LogP contribution < -0.4 is 10.6 Å². The van der Waals surface area contributed by atoms with Crippen LogP contribution in [0.25, 0.3) is 0 Å². The van der Waals surface area contributed by atoms with Gasteiger partial charge in [0.05, 0.1) is 11.3 Å². The second-order valence-corrected chi connectivity index (χ2v) is 4.97. The standard InChI is InChI=1S/C13H19N3O2/c1-16(8-9-4-2-3-5-9)12-11(14)6-10(7-15-12)13(17)18/h6-7,9H,2-5,8,14H2,1H3,(H,17,18). The van der Waals surface area contributed by atoms with Gasteiger partial charge in [0.2, 0.25) is 0 Å². The van der Waals surface area contributed by atoms with Crippen molar-refractivity contribution in [2.45, 2.75) is 25.7 Å². The van der Waals surface area contributed by atoms with Crippen LogP contribution in [-0.4, -0.2) is 29.7 Å². The lowest BCUT2D eigenvalue weighted by Gasteiger charge is -2.23. The van der Waals surface area contributed by atoms with E-state index < -0.39 is 5.97 Å². The number of rotatable bonds is 4. The number of anilines is 2. The maximum Gasteiger partial charge on any atom is 0.337 e. The summed E-state index contributed by atoms with van der Waals surface area (Å²) in [7, 11) is 1.96. The van der Waals surface area contributed by atoms with Crippen LogP contribution in [0.5, 0.6) is 0 Å². The molecular weight excluding hydrogens is 230 g/mol. The molecule has 98 valence electrons. The maximum atomic E-state index is 10.8. The van der Waals surface area contributed by atoms with Crippen LogP contribution in [-0.2, 0) is 0 Å². The van der Waals surface area contributed by atoms with Gasteiger partial charge in [0.1, 0.15) is 0 Å². The summed E-state index contributed by atoms with van der Waals surface area (Å²) in [5.74, 6) is 0.376. The molecule has 1 heterocycles. The van der Waals surface area contributed by atoms with Crippen LogP contribution in [0.3, 0.4) is 0 Å². The van der Waals surface area contributed by atoms with E-state index in [1.165, 1.54) is 37.9 Å². The monoisotopic (exact) mass is 249 g/mol. The quantitative estimate of drug-likeness (QED) is 0.853. The number of hydrogen-bond acceptors (Lipinski definition) is 4. The normalized spacial score (nSPS) is 15.8. The Morgan fingerprint density at radius 1 is 1.56 bits per heavy atom. The summed E-state index contributed by atoms with van der Waals surface area (Å²) < 4.78 is 0. The number of nitrogens with zero attached hydrogens (tertiary/aromatic N) is 2. The smallest absolute Gasteiger partial charge is 0.337 e. The van der Waals surface area contributed by atoms with E-state index in [0.717, 1.165) is 6.54 Å². The summed E-state index contributed by atoms with van der Waals surface area (Å²) in [4.78, 5) is 17.0. The molecule has 1 aromatic heterocycles. The summed E-state index contributed by atoms with van der Waals surface area (Å²) in [6, 6.07) is 1.47. The fourth-order valence-electron chi connectivity index (χ4n) is 2.58. The van der Waals surface area contributed by atoms with E-state index in [0.29, 0.717) is 17.4 Å². The van der Waals surface area contributed by atoms with E-state index >= 15 is 0 Å². The molecule has 0 aliphatic heterocycles. The second kappa shape index (κ2) is 5.25. The van der Waals surface area contributed by atoms with E-state index in [4.69, 9.17) is 10.8 Å². The number of aromatic nitrogens is 1. The van der Waals surface area contributed by atoms with Crippen molar-refractivity contribution in [1.29, 1.82) is 0 Å². The predicted molar refractivity (Wildman–Crippen MR) is 70.8 cm³/mol. The third-order valence-electron chi connectivity index (χ3n) is 3.51. The van der Waals surface area contributed by atoms with E-state index in [1.54, 1.807) is 0 Å². The maximum absolute atomic E-state index is 10.8. The molecule has 0 saturated heterocycles. The Morgan fingerprint density at radius 2 is 2.22 bits per heavy atom. The van der Waals surface area contributed by atoms with Gasteiger partial charge in [-0.15, -0.1) is 0 Å². The molecule has 1 fully saturated rings. The minimum Gasteiger partial charge on any atom is -0.478 e. The molecular formula is C13H19N3O2. The van der Waals surface area contributed by atoms with Crippen LogP contribution >= 0.6 is 0 Å². The molecule has 0 amide bonds. The topological polar surface area (TPSA) is 79.5 Å². The molecule has 5 nitrogen and oxygen atoms in total. The van der Waals surface area contributed by atoms with E-state index in [-0.39, 0.29) is 5.56 Å². The summed E-state index contributed by atoms with van der Waals surface area (Å²) in [5, 5.41) is 8.86. The molecule has 1 aliphatic rings. The fraction of sp³-hybridized carbons (Fsp3) is 0.538. The van der Waals surface area contributed by atoms with Crippen LogP contribution in [0, 0.1) is 5.92 Å². The summed E-state index contributed by atoms with van der Waals surface area (Å²) in [6.07, 6.45) is 6.49. The van der Waals surface area contributed by atoms with Gasteiger partial charge in [-0.05, 0) is 24.8 Å². The highest BCUT2D eigenvalue weighted by Crippen LogP contribution is 2.28. The zero-order chi connectivity index (χ0) is 13.1. The molecule has 0 atom stereocenters. The second-order valence-electron chi connectivity index (χ2n) is 4.97. The minimum atomic E-state index is -1.00. The summed E-state index contributed by atoms with van der Waals surface area (Å²) in [5.41, 5.74) is 6.42. The average molecular weight is 249 g/mol. The molecule has 0 bridgehead atoms. The van der Waals surface area contributed by atoms with Gasteiger partial charge in [0, 0.05) is 19.8 Å². The first-order valence-corrected chi connectivity index (χ1v) is 6.28. The van der Waals surface area contributed by atoms with Crippen molar-refractivity contribution in [3.63, 3.8) is 0 Å². The molecule has 18 heavy (non-hydrogen) atoms. The third-order valence-corrected chi connectivity index (χ3v) is 3.51. The average Bonchev–Trinajstić information content (AvgIpc) is 2.81. The number of carboxylic acids is 1. The Labute approximate surface area is 107 Å². The molecule has 1 aliphatic carbocycles. The lowest BCUT2D eigenvalue weighted by Crippen LogP contribution is -2.26. The fourth-order valence-corrected chi connectivity index (χ4v) is 2.58. The van der Waals surface area contributed by atoms with Gasteiger partial charge in [0.25, 0.3) is 0 Å². The van der Waals surface area contributed by atoms with Gasteiger partial charge < -0.3 is 15.7 Å². The first-order valence-electron chi connectivity index (χ1n) is 6.28. The van der Waals surface area contributed by atoms with Crippen LogP contribution in [0.15, 0.2) is 12.3 Å². The summed E-state index contributed by atoms with van der Waals surface area (Å²) in [6.45, 7) is 0.934. The van der Waals surface area contributed by atoms with E-state index in [9.17, 15) is 4.79 Å². The summed E-state index contributed by atoms with van der Waals surface area (Å²) >= 11 is 0. The highest BCUT2D eigenvalue weighted by Gasteiger charge is 2.19. The predicted octanol–water partition coefficient (Wildman–Crippen LogP) is 1.99. The number of hydrogen-bond donors (Lipinski definition) is 2. The Kier molecular flexibility index (Phi) is 3.69. The molecule has 1 aromatic rings. The van der Waals surface area contributed by atoms with Gasteiger partial charge in [-0.2, -0.15) is 0 Å². The molecule has 3 N–H and O–H groups in total. The van der Waals surface area contributed by atoms with Crippen molar-refractivity contribution in [3.8, 4) is 0 Å². The zero-order valence-corrected chi connectivity index (χ0v) is 10.6. The SMILES string of the molecule is CN(CC1CCCC1)c1ncc(C(=O)O)cc1N. The van der Waals surface area contributed by atoms with Crippen molar-refractivity contribution < 1.29 is 9.90 Å². The zero-order valence-electron chi connectivity index (χ0n) is 10.6. The van der Waals surface area contributed by atoms with Crippen LogP contribution in [0.4, 0.5) is 11.5 Å². The largest absolute Gasteiger partial charge is 0.478 e. The van der Waals surface area contributed by atoms with E-state index in [2.05, 4.69) is 4.98 Å². The number of carbonyl (C=O) groups is 1. The molecule has 5 heteroatoms. The van der Waals surface area contributed by atoms with Crippen molar-refractivity contribution in [2.24, 2.45) is 5.92 Å². The first-order chi connectivity index (χ1) is 8.58. The van der Waals surface area contributed by atoms with Gasteiger partial charge in [-0.25, -0.2) is 9.78 Å². The number of carboxylic acid groups (broad SMARTS) is 1. The first kappa shape index (κ1) is 12.7. The van der Waals surface area contributed by atoms with Crippen molar-refractivity contribution in [3.05, 3.63) is 17.8 Å². The minimum absolute atomic E-state index is 0.130. The Morgan fingerprint density at radius 3 is 2.78 bits per heavy atom.